The molecule has 102 valence electrons. The molecule has 5 heteroatoms. The molecule has 17 heavy (non-hydrogen) atoms. The molecule has 1 N–H and O–H groups in total. The third kappa shape index (κ3) is 5.84. The standard InChI is InChI=1S/C12H26N2O2S/c1-13-11-5-7-12(8-6-11)14(2)9-4-10-17(3,15)16/h11-13H,4-10H2,1-3H3. The van der Waals surface area contributed by atoms with Gasteiger partial charge in [-0.05, 0) is 52.7 Å². The van der Waals surface area contributed by atoms with E-state index in [9.17, 15) is 8.42 Å². The summed E-state index contributed by atoms with van der Waals surface area (Å²) in [6.07, 6.45) is 6.98. The van der Waals surface area contributed by atoms with Gasteiger partial charge in [0, 0.05) is 18.3 Å². The van der Waals surface area contributed by atoms with Crippen LogP contribution in [0.5, 0.6) is 0 Å². The Morgan fingerprint density at radius 2 is 1.82 bits per heavy atom. The van der Waals surface area contributed by atoms with Crippen molar-refractivity contribution in [3.63, 3.8) is 0 Å². The topological polar surface area (TPSA) is 49.4 Å². The Bertz CT molecular complexity index is 308. The summed E-state index contributed by atoms with van der Waals surface area (Å²) in [6, 6.07) is 1.31. The van der Waals surface area contributed by atoms with Crippen molar-refractivity contribution in [3.05, 3.63) is 0 Å². The lowest BCUT2D eigenvalue weighted by Gasteiger charge is -2.34. The van der Waals surface area contributed by atoms with E-state index in [4.69, 9.17) is 0 Å². The second-order valence-corrected chi connectivity index (χ2v) is 7.52. The minimum atomic E-state index is -2.80. The minimum absolute atomic E-state index is 0.309. The third-order valence-corrected chi connectivity index (χ3v) is 4.78. The van der Waals surface area contributed by atoms with Crippen LogP contribution in [0.15, 0.2) is 0 Å². The summed E-state index contributed by atoms with van der Waals surface area (Å²) < 4.78 is 22.1. The highest BCUT2D eigenvalue weighted by atomic mass is 32.2. The van der Waals surface area contributed by atoms with Crippen molar-refractivity contribution in [2.45, 2.75) is 44.2 Å². The first kappa shape index (κ1) is 14.9. The van der Waals surface area contributed by atoms with Crippen LogP contribution in [-0.4, -0.2) is 58.1 Å². The summed E-state index contributed by atoms with van der Waals surface area (Å²) >= 11 is 0. The van der Waals surface area contributed by atoms with Crippen molar-refractivity contribution in [1.82, 2.24) is 10.2 Å². The van der Waals surface area contributed by atoms with E-state index < -0.39 is 9.84 Å². The highest BCUT2D eigenvalue weighted by molar-refractivity contribution is 7.90. The van der Waals surface area contributed by atoms with Gasteiger partial charge < -0.3 is 10.2 Å². The SMILES string of the molecule is CNC1CCC(N(C)CCCS(C)(=O)=O)CC1. The zero-order valence-electron chi connectivity index (χ0n) is 11.3. The van der Waals surface area contributed by atoms with Crippen molar-refractivity contribution >= 4 is 9.84 Å². The van der Waals surface area contributed by atoms with Gasteiger partial charge in [-0.15, -0.1) is 0 Å². The van der Waals surface area contributed by atoms with Crippen molar-refractivity contribution in [2.75, 3.05) is 32.6 Å². The van der Waals surface area contributed by atoms with Crippen LogP contribution in [0.3, 0.4) is 0 Å². The maximum Gasteiger partial charge on any atom is 0.147 e. The Kier molecular flexibility index (Phi) is 5.89. The number of hydrogen-bond acceptors (Lipinski definition) is 4. The van der Waals surface area contributed by atoms with Crippen LogP contribution in [0.1, 0.15) is 32.1 Å². The average molecular weight is 262 g/mol. The monoisotopic (exact) mass is 262 g/mol. The summed E-state index contributed by atoms with van der Waals surface area (Å²) in [7, 11) is 1.35. The van der Waals surface area contributed by atoms with Crippen LogP contribution in [0.25, 0.3) is 0 Å². The molecular formula is C12H26N2O2S. The lowest BCUT2D eigenvalue weighted by atomic mass is 9.90. The van der Waals surface area contributed by atoms with E-state index in [1.807, 2.05) is 7.05 Å². The van der Waals surface area contributed by atoms with Gasteiger partial charge in [0.15, 0.2) is 0 Å². The minimum Gasteiger partial charge on any atom is -0.317 e. The van der Waals surface area contributed by atoms with Crippen molar-refractivity contribution in [1.29, 1.82) is 0 Å². The molecule has 0 aromatic carbocycles. The van der Waals surface area contributed by atoms with Gasteiger partial charge in [-0.2, -0.15) is 0 Å². The van der Waals surface area contributed by atoms with E-state index in [1.54, 1.807) is 0 Å². The maximum absolute atomic E-state index is 11.0. The molecule has 0 radical (unpaired) electrons. The molecule has 0 heterocycles. The largest absolute Gasteiger partial charge is 0.317 e. The molecular weight excluding hydrogens is 236 g/mol. The number of hydrogen-bond donors (Lipinski definition) is 1. The van der Waals surface area contributed by atoms with Crippen LogP contribution in [0, 0.1) is 0 Å². The van der Waals surface area contributed by atoms with E-state index in [1.165, 1.54) is 31.9 Å². The molecule has 0 aromatic rings. The first-order valence-electron chi connectivity index (χ1n) is 6.47. The fourth-order valence-electron chi connectivity index (χ4n) is 2.56. The number of rotatable bonds is 6. The van der Waals surface area contributed by atoms with E-state index in [0.29, 0.717) is 17.8 Å². The zero-order chi connectivity index (χ0) is 12.9. The normalized spacial score (nSPS) is 26.4. The summed E-state index contributed by atoms with van der Waals surface area (Å²) in [5.41, 5.74) is 0. The molecule has 0 spiro atoms. The van der Waals surface area contributed by atoms with Crippen molar-refractivity contribution < 1.29 is 8.42 Å². The van der Waals surface area contributed by atoms with Crippen molar-refractivity contribution in [3.8, 4) is 0 Å². The molecule has 0 aliphatic heterocycles. The molecule has 1 aliphatic carbocycles. The summed E-state index contributed by atoms with van der Waals surface area (Å²) in [5.74, 6) is 0.309. The lowest BCUT2D eigenvalue weighted by molar-refractivity contribution is 0.177. The van der Waals surface area contributed by atoms with Crippen LogP contribution in [0.4, 0.5) is 0 Å². The Morgan fingerprint density at radius 3 is 2.29 bits per heavy atom. The average Bonchev–Trinajstić information content (AvgIpc) is 2.27. The number of nitrogens with zero attached hydrogens (tertiary/aromatic N) is 1. The van der Waals surface area contributed by atoms with Gasteiger partial charge in [0.25, 0.3) is 0 Å². The highest BCUT2D eigenvalue weighted by Gasteiger charge is 2.22. The predicted molar refractivity (Wildman–Crippen MR) is 72.1 cm³/mol. The van der Waals surface area contributed by atoms with Gasteiger partial charge in [0.1, 0.15) is 9.84 Å². The molecule has 1 aliphatic rings. The molecule has 0 atom stereocenters. The summed E-state index contributed by atoms with van der Waals surface area (Å²) in [6.45, 7) is 0.891. The van der Waals surface area contributed by atoms with Gasteiger partial charge in [0.2, 0.25) is 0 Å². The first-order valence-corrected chi connectivity index (χ1v) is 8.53. The van der Waals surface area contributed by atoms with E-state index >= 15 is 0 Å². The fourth-order valence-corrected chi connectivity index (χ4v) is 3.22. The van der Waals surface area contributed by atoms with Gasteiger partial charge >= 0.3 is 0 Å². The van der Waals surface area contributed by atoms with Gasteiger partial charge in [-0.3, -0.25) is 0 Å². The molecule has 0 amide bonds. The first-order chi connectivity index (χ1) is 7.92. The summed E-state index contributed by atoms with van der Waals surface area (Å²) in [5, 5.41) is 3.33. The molecule has 1 saturated carbocycles. The van der Waals surface area contributed by atoms with Crippen LogP contribution < -0.4 is 5.32 Å². The Morgan fingerprint density at radius 1 is 1.24 bits per heavy atom. The Balaban J connectivity index is 2.22. The smallest absolute Gasteiger partial charge is 0.147 e. The van der Waals surface area contributed by atoms with E-state index in [0.717, 1.165) is 13.0 Å². The second kappa shape index (κ2) is 6.71. The molecule has 4 nitrogen and oxygen atoms in total. The number of sulfone groups is 1. The Hall–Kier alpha value is -0.130. The van der Waals surface area contributed by atoms with Crippen LogP contribution in [-0.2, 0) is 9.84 Å². The van der Waals surface area contributed by atoms with Gasteiger partial charge in [-0.25, -0.2) is 8.42 Å². The third-order valence-electron chi connectivity index (χ3n) is 3.75. The van der Waals surface area contributed by atoms with E-state index in [2.05, 4.69) is 17.3 Å². The van der Waals surface area contributed by atoms with Gasteiger partial charge in [0.05, 0.1) is 5.75 Å². The van der Waals surface area contributed by atoms with E-state index in [-0.39, 0.29) is 0 Å². The van der Waals surface area contributed by atoms with Gasteiger partial charge in [-0.1, -0.05) is 0 Å². The quantitative estimate of drug-likeness (QED) is 0.772. The second-order valence-electron chi connectivity index (χ2n) is 5.26. The predicted octanol–water partition coefficient (Wildman–Crippen LogP) is 0.884. The van der Waals surface area contributed by atoms with Crippen LogP contribution in [0.2, 0.25) is 0 Å². The number of nitrogens with one attached hydrogen (secondary N) is 1. The lowest BCUT2D eigenvalue weighted by Crippen LogP contribution is -2.40. The summed E-state index contributed by atoms with van der Waals surface area (Å²) in [4.78, 5) is 2.33. The fraction of sp³-hybridized carbons (Fsp3) is 1.00. The molecule has 0 bridgehead atoms. The maximum atomic E-state index is 11.0. The molecule has 0 aromatic heterocycles. The molecule has 1 rings (SSSR count). The highest BCUT2D eigenvalue weighted by Crippen LogP contribution is 2.22. The zero-order valence-corrected chi connectivity index (χ0v) is 12.1. The Labute approximate surface area is 106 Å². The molecule has 0 saturated heterocycles. The van der Waals surface area contributed by atoms with Crippen LogP contribution >= 0.6 is 0 Å². The molecule has 0 unspecified atom stereocenters. The van der Waals surface area contributed by atoms with Crippen molar-refractivity contribution in [2.24, 2.45) is 0 Å². The molecule has 1 fully saturated rings.